The molecular weight excluding hydrogens is 364 g/mol. The van der Waals surface area contributed by atoms with Crippen LogP contribution in [-0.4, -0.2) is 66.9 Å². The molecule has 3 N–H and O–H groups in total. The number of fused-ring (bicyclic) bond motifs is 1. The maximum absolute atomic E-state index is 12.9. The molecular formula is C19H22N4O5. The van der Waals surface area contributed by atoms with Gasteiger partial charge in [0.2, 0.25) is 11.8 Å². The Labute approximate surface area is 161 Å². The molecule has 2 fully saturated rings. The zero-order valence-corrected chi connectivity index (χ0v) is 15.5. The topological polar surface area (TPSA) is 117 Å². The van der Waals surface area contributed by atoms with Crippen molar-refractivity contribution >= 4 is 29.3 Å². The van der Waals surface area contributed by atoms with E-state index in [2.05, 4.69) is 16.0 Å². The molecule has 0 spiro atoms. The van der Waals surface area contributed by atoms with Crippen molar-refractivity contribution in [3.8, 4) is 0 Å². The smallest absolute Gasteiger partial charge is 0.262 e. The van der Waals surface area contributed by atoms with Crippen LogP contribution in [0.4, 0.5) is 5.69 Å². The number of methoxy groups -OCH3 is 1. The van der Waals surface area contributed by atoms with Crippen molar-refractivity contribution in [3.63, 3.8) is 0 Å². The van der Waals surface area contributed by atoms with Gasteiger partial charge in [-0.05, 0) is 31.0 Å². The molecule has 148 valence electrons. The van der Waals surface area contributed by atoms with Crippen molar-refractivity contribution < 1.29 is 23.9 Å². The highest BCUT2D eigenvalue weighted by atomic mass is 16.5. The molecule has 28 heavy (non-hydrogen) atoms. The van der Waals surface area contributed by atoms with Gasteiger partial charge in [-0.25, -0.2) is 0 Å². The van der Waals surface area contributed by atoms with Crippen LogP contribution in [0.15, 0.2) is 18.2 Å². The molecule has 0 aliphatic carbocycles. The monoisotopic (exact) mass is 386 g/mol. The van der Waals surface area contributed by atoms with E-state index >= 15 is 0 Å². The molecule has 9 heteroatoms. The maximum Gasteiger partial charge on any atom is 0.262 e. The number of benzene rings is 1. The normalized spacial score (nSPS) is 27.6. The summed E-state index contributed by atoms with van der Waals surface area (Å²) in [6.07, 6.45) is 1.20. The van der Waals surface area contributed by atoms with E-state index in [0.717, 1.165) is 30.1 Å². The fourth-order valence-corrected chi connectivity index (χ4v) is 3.99. The molecule has 4 rings (SSSR count). The Hall–Kier alpha value is -2.78. The number of imide groups is 2. The number of ether oxygens (including phenoxy) is 1. The van der Waals surface area contributed by atoms with Crippen LogP contribution >= 0.6 is 0 Å². The Kier molecular flexibility index (Phi) is 4.86. The summed E-state index contributed by atoms with van der Waals surface area (Å²) in [5, 5.41) is 8.86. The van der Waals surface area contributed by atoms with E-state index in [9.17, 15) is 19.2 Å². The largest absolute Gasteiger partial charge is 0.381 e. The van der Waals surface area contributed by atoms with E-state index < -0.39 is 23.8 Å². The number of hydrogen-bond donors (Lipinski definition) is 3. The Bertz CT molecular complexity index is 855. The lowest BCUT2D eigenvalue weighted by molar-refractivity contribution is -0.136. The maximum atomic E-state index is 12.9. The summed E-state index contributed by atoms with van der Waals surface area (Å²) in [7, 11) is 1.68. The third kappa shape index (κ3) is 3.27. The molecule has 2 saturated heterocycles. The van der Waals surface area contributed by atoms with Gasteiger partial charge in [-0.15, -0.1) is 0 Å². The number of rotatable bonds is 4. The van der Waals surface area contributed by atoms with Crippen LogP contribution in [0.2, 0.25) is 0 Å². The first-order chi connectivity index (χ1) is 13.5. The summed E-state index contributed by atoms with van der Waals surface area (Å²) in [4.78, 5) is 50.0. The zero-order valence-electron chi connectivity index (χ0n) is 15.5. The molecule has 0 radical (unpaired) electrons. The lowest BCUT2D eigenvalue weighted by Crippen LogP contribution is -2.54. The zero-order chi connectivity index (χ0) is 19.8. The van der Waals surface area contributed by atoms with E-state index in [4.69, 9.17) is 4.74 Å². The van der Waals surface area contributed by atoms with E-state index in [1.54, 1.807) is 25.3 Å². The van der Waals surface area contributed by atoms with Gasteiger partial charge in [0.1, 0.15) is 6.04 Å². The fraction of sp³-hybridized carbons (Fsp3) is 0.474. The standard InChI is InChI=1S/C19H22N4O5/c1-28-12-6-11(8-20-9-12)21-10-2-3-13-14(7-10)19(27)23(18(13)26)15-4-5-16(24)22-17(15)25/h2-3,7,11-12,15,20-21H,4-6,8-9H2,1H3,(H,22,24,25)/t11-,12-,15?/m0/s1. The third-order valence-corrected chi connectivity index (χ3v) is 5.45. The van der Waals surface area contributed by atoms with E-state index in [-0.39, 0.29) is 42.0 Å². The third-order valence-electron chi connectivity index (χ3n) is 5.45. The van der Waals surface area contributed by atoms with Crippen molar-refractivity contribution in [2.75, 3.05) is 25.5 Å². The summed E-state index contributed by atoms with van der Waals surface area (Å²) in [6.45, 7) is 1.57. The predicted molar refractivity (Wildman–Crippen MR) is 98.8 cm³/mol. The second-order valence-electron chi connectivity index (χ2n) is 7.30. The van der Waals surface area contributed by atoms with Gasteiger partial charge in [-0.1, -0.05) is 0 Å². The number of nitrogens with one attached hydrogen (secondary N) is 3. The van der Waals surface area contributed by atoms with Crippen LogP contribution in [0, 0.1) is 0 Å². The van der Waals surface area contributed by atoms with Crippen LogP contribution in [0.5, 0.6) is 0 Å². The van der Waals surface area contributed by atoms with Gasteiger partial charge >= 0.3 is 0 Å². The number of amides is 4. The lowest BCUT2D eigenvalue weighted by Gasteiger charge is -2.30. The molecule has 3 heterocycles. The number of hydrogen-bond acceptors (Lipinski definition) is 7. The first-order valence-corrected chi connectivity index (χ1v) is 9.33. The second-order valence-corrected chi connectivity index (χ2v) is 7.30. The highest BCUT2D eigenvalue weighted by Crippen LogP contribution is 2.30. The van der Waals surface area contributed by atoms with Crippen molar-refractivity contribution in [2.45, 2.75) is 37.5 Å². The van der Waals surface area contributed by atoms with Gasteiger partial charge in [-0.2, -0.15) is 0 Å². The molecule has 3 atom stereocenters. The summed E-state index contributed by atoms with van der Waals surface area (Å²) in [5.74, 6) is -2.00. The van der Waals surface area contributed by atoms with Crippen LogP contribution in [0.1, 0.15) is 40.0 Å². The first kappa shape index (κ1) is 18.6. The Balaban J connectivity index is 1.52. The molecule has 1 aromatic carbocycles. The van der Waals surface area contributed by atoms with Gasteiger partial charge in [0, 0.05) is 38.3 Å². The van der Waals surface area contributed by atoms with Crippen LogP contribution in [0.3, 0.4) is 0 Å². The fourth-order valence-electron chi connectivity index (χ4n) is 3.99. The lowest BCUT2D eigenvalue weighted by atomic mass is 10.0. The van der Waals surface area contributed by atoms with Crippen LogP contribution < -0.4 is 16.0 Å². The Morgan fingerprint density at radius 2 is 1.89 bits per heavy atom. The molecule has 0 aromatic heterocycles. The minimum absolute atomic E-state index is 0.103. The van der Waals surface area contributed by atoms with Gasteiger partial charge < -0.3 is 15.4 Å². The van der Waals surface area contributed by atoms with Gasteiger partial charge in [0.05, 0.1) is 17.2 Å². The molecule has 3 aliphatic heterocycles. The Morgan fingerprint density at radius 1 is 1.11 bits per heavy atom. The summed E-state index contributed by atoms with van der Waals surface area (Å²) >= 11 is 0. The van der Waals surface area contributed by atoms with Crippen LogP contribution in [0.25, 0.3) is 0 Å². The summed E-state index contributed by atoms with van der Waals surface area (Å²) < 4.78 is 5.39. The van der Waals surface area contributed by atoms with Crippen molar-refractivity contribution in [1.29, 1.82) is 0 Å². The minimum Gasteiger partial charge on any atom is -0.381 e. The molecule has 4 amide bonds. The van der Waals surface area contributed by atoms with Crippen molar-refractivity contribution in [2.24, 2.45) is 0 Å². The minimum atomic E-state index is -0.952. The second kappa shape index (κ2) is 7.33. The Morgan fingerprint density at radius 3 is 2.64 bits per heavy atom. The predicted octanol–water partition coefficient (Wildman–Crippen LogP) is -0.123. The molecule has 0 saturated carbocycles. The highest BCUT2D eigenvalue weighted by molar-refractivity contribution is 6.23. The van der Waals surface area contributed by atoms with Gasteiger partial charge in [0.15, 0.2) is 0 Å². The molecule has 1 unspecified atom stereocenters. The van der Waals surface area contributed by atoms with Gasteiger partial charge in [-0.3, -0.25) is 29.4 Å². The molecule has 9 nitrogen and oxygen atoms in total. The van der Waals surface area contributed by atoms with E-state index in [0.29, 0.717) is 0 Å². The number of piperidine rings is 2. The van der Waals surface area contributed by atoms with Gasteiger partial charge in [0.25, 0.3) is 11.8 Å². The van der Waals surface area contributed by atoms with Crippen molar-refractivity contribution in [3.05, 3.63) is 29.3 Å². The van der Waals surface area contributed by atoms with Crippen LogP contribution in [-0.2, 0) is 14.3 Å². The molecule has 0 bridgehead atoms. The molecule has 3 aliphatic rings. The highest BCUT2D eigenvalue weighted by Gasteiger charge is 2.44. The summed E-state index contributed by atoms with van der Waals surface area (Å²) in [5.41, 5.74) is 1.28. The van der Waals surface area contributed by atoms with E-state index in [1.807, 2.05) is 0 Å². The number of nitrogens with zero attached hydrogens (tertiary/aromatic N) is 1. The SMILES string of the molecule is CO[C@@H]1CNC[C@@H](Nc2ccc3c(c2)C(=O)N(C2CCC(=O)NC2=O)C3=O)C1. The van der Waals surface area contributed by atoms with E-state index in [1.165, 1.54) is 0 Å². The number of carbonyl (C=O) groups is 4. The molecule has 1 aromatic rings. The summed E-state index contributed by atoms with van der Waals surface area (Å²) in [6, 6.07) is 4.20. The van der Waals surface area contributed by atoms with Crippen molar-refractivity contribution in [1.82, 2.24) is 15.5 Å². The average molecular weight is 386 g/mol. The number of anilines is 1. The first-order valence-electron chi connectivity index (χ1n) is 9.33. The average Bonchev–Trinajstić information content (AvgIpc) is 2.93. The quantitative estimate of drug-likeness (QED) is 0.618. The number of carbonyl (C=O) groups excluding carboxylic acids is 4.